The lowest BCUT2D eigenvalue weighted by molar-refractivity contribution is 0.598. The summed E-state index contributed by atoms with van der Waals surface area (Å²) in [6.45, 7) is 1.34. The summed E-state index contributed by atoms with van der Waals surface area (Å²) < 4.78 is 23.3. The predicted octanol–water partition coefficient (Wildman–Crippen LogP) is -1.51. The van der Waals surface area contributed by atoms with Crippen molar-refractivity contribution in [3.8, 4) is 0 Å². The molecule has 0 aromatic heterocycles. The second-order valence-electron chi connectivity index (χ2n) is 2.03. The molecule has 1 aliphatic heterocycles. The van der Waals surface area contributed by atoms with Crippen molar-refractivity contribution in [3.63, 3.8) is 0 Å². The summed E-state index contributed by atoms with van der Waals surface area (Å²) >= 11 is 0. The zero-order valence-electron chi connectivity index (χ0n) is 5.59. The van der Waals surface area contributed by atoms with Crippen molar-refractivity contribution in [2.75, 3.05) is 19.3 Å². The Morgan fingerprint density at radius 2 is 2.40 bits per heavy atom. The van der Waals surface area contributed by atoms with Crippen molar-refractivity contribution < 1.29 is 8.42 Å². The Kier molecular flexibility index (Phi) is 1.80. The van der Waals surface area contributed by atoms with Gasteiger partial charge in [0.05, 0.1) is 12.8 Å². The van der Waals surface area contributed by atoms with Gasteiger partial charge in [0.15, 0.2) is 0 Å². The van der Waals surface area contributed by atoms with Crippen molar-refractivity contribution in [2.45, 2.75) is 0 Å². The summed E-state index contributed by atoms with van der Waals surface area (Å²) in [6, 6.07) is 0. The Morgan fingerprint density at radius 3 is 2.80 bits per heavy atom. The van der Waals surface area contributed by atoms with Gasteiger partial charge in [-0.3, -0.25) is 9.71 Å². The van der Waals surface area contributed by atoms with Crippen LogP contribution in [0.4, 0.5) is 0 Å². The highest BCUT2D eigenvalue weighted by Crippen LogP contribution is 1.83. The lowest BCUT2D eigenvalue weighted by atomic mass is 10.7. The molecule has 5 nitrogen and oxygen atoms in total. The topological polar surface area (TPSA) is 70.6 Å². The lowest BCUT2D eigenvalue weighted by Crippen LogP contribution is -2.37. The monoisotopic (exact) mass is 163 g/mol. The van der Waals surface area contributed by atoms with E-state index in [4.69, 9.17) is 0 Å². The van der Waals surface area contributed by atoms with Crippen LogP contribution in [0.1, 0.15) is 0 Å². The van der Waals surface area contributed by atoms with E-state index in [1.807, 2.05) is 0 Å². The van der Waals surface area contributed by atoms with Gasteiger partial charge < -0.3 is 5.32 Å². The molecule has 1 rings (SSSR count). The molecule has 6 heteroatoms. The summed E-state index contributed by atoms with van der Waals surface area (Å²) in [5.74, 6) is 0.350. The molecular weight excluding hydrogens is 154 g/mol. The first-order valence-corrected chi connectivity index (χ1v) is 4.73. The molecule has 0 bridgehead atoms. The first-order chi connectivity index (χ1) is 4.58. The minimum atomic E-state index is -3.15. The average molecular weight is 163 g/mol. The smallest absolute Gasteiger partial charge is 0.232 e. The molecule has 0 fully saturated rings. The standard InChI is InChI=1S/C4H9N3O2S/c1-10(8,9)7-4-5-2-3-6-4/h2-3H2,1H3,(H2,5,6,7). The molecule has 0 aromatic rings. The largest absolute Gasteiger partial charge is 0.354 e. The number of hydrogen-bond donors (Lipinski definition) is 2. The SMILES string of the molecule is CS(=O)(=O)NC1=NCCN1. The van der Waals surface area contributed by atoms with E-state index in [1.54, 1.807) is 0 Å². The Bertz CT molecular complexity index is 243. The molecule has 10 heavy (non-hydrogen) atoms. The quantitative estimate of drug-likeness (QED) is 0.494. The molecule has 0 unspecified atom stereocenters. The lowest BCUT2D eigenvalue weighted by Gasteiger charge is -2.01. The minimum absolute atomic E-state index is 0.350. The highest BCUT2D eigenvalue weighted by atomic mass is 32.2. The molecule has 0 atom stereocenters. The fraction of sp³-hybridized carbons (Fsp3) is 0.750. The van der Waals surface area contributed by atoms with Crippen LogP contribution in [-0.4, -0.2) is 33.7 Å². The summed E-state index contributed by atoms with van der Waals surface area (Å²) in [6.07, 6.45) is 1.09. The maximum Gasteiger partial charge on any atom is 0.232 e. The van der Waals surface area contributed by atoms with E-state index in [1.165, 1.54) is 0 Å². The van der Waals surface area contributed by atoms with E-state index in [9.17, 15) is 8.42 Å². The Morgan fingerprint density at radius 1 is 1.70 bits per heavy atom. The van der Waals surface area contributed by atoms with E-state index >= 15 is 0 Å². The third-order valence-corrected chi connectivity index (χ3v) is 1.52. The predicted molar refractivity (Wildman–Crippen MR) is 38.3 cm³/mol. The fourth-order valence-corrected chi connectivity index (χ4v) is 1.13. The Hall–Kier alpha value is -0.780. The number of rotatable bonds is 1. The molecule has 0 spiro atoms. The second-order valence-corrected chi connectivity index (χ2v) is 3.78. The third-order valence-electron chi connectivity index (χ3n) is 0.956. The van der Waals surface area contributed by atoms with Crippen LogP contribution in [0.3, 0.4) is 0 Å². The highest BCUT2D eigenvalue weighted by molar-refractivity contribution is 7.89. The minimum Gasteiger partial charge on any atom is -0.354 e. The zero-order valence-corrected chi connectivity index (χ0v) is 6.40. The number of guanidine groups is 1. The molecule has 1 aliphatic rings. The Balaban J connectivity index is 2.54. The van der Waals surface area contributed by atoms with Gasteiger partial charge >= 0.3 is 0 Å². The summed E-state index contributed by atoms with van der Waals surface area (Å²) in [5, 5.41) is 2.77. The molecule has 1 heterocycles. The number of aliphatic imine (C=N–C) groups is 1. The molecule has 0 amide bonds. The van der Waals surface area contributed by atoms with E-state index in [0.29, 0.717) is 19.0 Å². The van der Waals surface area contributed by atoms with Gasteiger partial charge in [-0.15, -0.1) is 0 Å². The number of nitrogens with zero attached hydrogens (tertiary/aromatic N) is 1. The highest BCUT2D eigenvalue weighted by Gasteiger charge is 2.08. The van der Waals surface area contributed by atoms with Crippen LogP contribution in [0.2, 0.25) is 0 Å². The van der Waals surface area contributed by atoms with Crippen LogP contribution in [0.5, 0.6) is 0 Å². The van der Waals surface area contributed by atoms with Gasteiger partial charge in [-0.2, -0.15) is 0 Å². The van der Waals surface area contributed by atoms with Crippen molar-refractivity contribution in [3.05, 3.63) is 0 Å². The van der Waals surface area contributed by atoms with E-state index in [2.05, 4.69) is 15.0 Å². The fourth-order valence-electron chi connectivity index (χ4n) is 0.642. The third kappa shape index (κ3) is 2.22. The summed E-state index contributed by atoms with van der Waals surface area (Å²) in [5.41, 5.74) is 0. The van der Waals surface area contributed by atoms with Crippen LogP contribution in [-0.2, 0) is 10.0 Å². The normalized spacial score (nSPS) is 17.9. The van der Waals surface area contributed by atoms with Gasteiger partial charge in [0.2, 0.25) is 16.0 Å². The molecule has 58 valence electrons. The maximum absolute atomic E-state index is 10.6. The number of sulfonamides is 1. The molecular formula is C4H9N3O2S. The van der Waals surface area contributed by atoms with E-state index in [0.717, 1.165) is 6.26 Å². The molecule has 0 aliphatic carbocycles. The summed E-state index contributed by atoms with van der Waals surface area (Å²) in [7, 11) is -3.15. The summed E-state index contributed by atoms with van der Waals surface area (Å²) in [4.78, 5) is 3.84. The van der Waals surface area contributed by atoms with Gasteiger partial charge in [0, 0.05) is 6.54 Å². The van der Waals surface area contributed by atoms with Crippen LogP contribution >= 0.6 is 0 Å². The zero-order chi connectivity index (χ0) is 7.61. The van der Waals surface area contributed by atoms with Crippen LogP contribution < -0.4 is 10.0 Å². The van der Waals surface area contributed by atoms with Crippen LogP contribution in [0, 0.1) is 0 Å². The molecule has 0 saturated carbocycles. The number of nitrogens with one attached hydrogen (secondary N) is 2. The van der Waals surface area contributed by atoms with Crippen LogP contribution in [0.15, 0.2) is 4.99 Å². The molecule has 0 saturated heterocycles. The first kappa shape index (κ1) is 7.33. The van der Waals surface area contributed by atoms with Gasteiger partial charge in [-0.1, -0.05) is 0 Å². The molecule has 0 aromatic carbocycles. The van der Waals surface area contributed by atoms with Crippen molar-refractivity contribution in [1.82, 2.24) is 10.0 Å². The van der Waals surface area contributed by atoms with Crippen molar-refractivity contribution in [1.29, 1.82) is 0 Å². The van der Waals surface area contributed by atoms with Gasteiger partial charge in [-0.25, -0.2) is 8.42 Å². The van der Waals surface area contributed by atoms with E-state index in [-0.39, 0.29) is 0 Å². The second kappa shape index (κ2) is 2.45. The van der Waals surface area contributed by atoms with Crippen molar-refractivity contribution in [2.24, 2.45) is 4.99 Å². The molecule has 0 radical (unpaired) electrons. The Labute approximate surface area is 59.6 Å². The number of hydrogen-bond acceptors (Lipinski definition) is 4. The van der Waals surface area contributed by atoms with Gasteiger partial charge in [0.1, 0.15) is 0 Å². The maximum atomic E-state index is 10.6. The van der Waals surface area contributed by atoms with Gasteiger partial charge in [0.25, 0.3) is 0 Å². The van der Waals surface area contributed by atoms with E-state index < -0.39 is 10.0 Å². The first-order valence-electron chi connectivity index (χ1n) is 2.84. The van der Waals surface area contributed by atoms with Gasteiger partial charge in [-0.05, 0) is 0 Å². The van der Waals surface area contributed by atoms with Crippen LogP contribution in [0.25, 0.3) is 0 Å². The van der Waals surface area contributed by atoms with Crippen molar-refractivity contribution >= 4 is 16.0 Å². The average Bonchev–Trinajstić information content (AvgIpc) is 2.12. The molecule has 2 N–H and O–H groups in total.